The molecule has 0 bridgehead atoms. The lowest BCUT2D eigenvalue weighted by molar-refractivity contribution is -0.120. The molecular formula is C21H25ClN2O5S. The number of piperidine rings is 1. The molecule has 0 spiro atoms. The van der Waals surface area contributed by atoms with Gasteiger partial charge in [-0.15, -0.1) is 0 Å². The van der Waals surface area contributed by atoms with E-state index in [2.05, 4.69) is 5.32 Å². The molecular weight excluding hydrogens is 428 g/mol. The molecule has 2 aromatic carbocycles. The zero-order valence-electron chi connectivity index (χ0n) is 16.9. The average Bonchev–Trinajstić information content (AvgIpc) is 2.73. The largest absolute Gasteiger partial charge is 0.493 e. The Bertz CT molecular complexity index is 1010. The Morgan fingerprint density at radius 1 is 1.17 bits per heavy atom. The second-order valence-corrected chi connectivity index (χ2v) is 9.55. The minimum absolute atomic E-state index is 0.141. The van der Waals surface area contributed by atoms with Crippen molar-refractivity contribution in [1.82, 2.24) is 4.31 Å². The van der Waals surface area contributed by atoms with Gasteiger partial charge < -0.3 is 14.8 Å². The van der Waals surface area contributed by atoms with Gasteiger partial charge in [0.1, 0.15) is 0 Å². The fraction of sp³-hybridized carbons (Fsp3) is 0.381. The number of halogens is 1. The number of nitrogens with one attached hydrogen (secondary N) is 1. The first-order valence-corrected chi connectivity index (χ1v) is 11.6. The van der Waals surface area contributed by atoms with E-state index in [4.69, 9.17) is 21.1 Å². The summed E-state index contributed by atoms with van der Waals surface area (Å²) in [6, 6.07) is 11.9. The van der Waals surface area contributed by atoms with Crippen LogP contribution < -0.4 is 14.8 Å². The predicted octanol–water partition coefficient (Wildman–Crippen LogP) is 3.54. The molecule has 3 rings (SSSR count). The molecule has 0 unspecified atom stereocenters. The quantitative estimate of drug-likeness (QED) is 0.694. The lowest BCUT2D eigenvalue weighted by Crippen LogP contribution is -2.44. The number of ether oxygens (including phenoxy) is 2. The SMILES string of the molecule is COc1ccc(NC(=O)[C@@H]2CCCN(S(=O)(=O)Cc3cccc(Cl)c3)C2)cc1OC. The molecule has 0 aliphatic carbocycles. The van der Waals surface area contributed by atoms with Crippen molar-refractivity contribution in [2.24, 2.45) is 5.92 Å². The first-order chi connectivity index (χ1) is 14.3. The zero-order valence-corrected chi connectivity index (χ0v) is 18.5. The van der Waals surface area contributed by atoms with E-state index >= 15 is 0 Å². The van der Waals surface area contributed by atoms with Crippen molar-refractivity contribution in [1.29, 1.82) is 0 Å². The van der Waals surface area contributed by atoms with Gasteiger partial charge in [-0.1, -0.05) is 23.7 Å². The molecule has 7 nitrogen and oxygen atoms in total. The van der Waals surface area contributed by atoms with Crippen LogP contribution in [0.3, 0.4) is 0 Å². The Kier molecular flexibility index (Phi) is 7.23. The number of anilines is 1. The number of nitrogens with zero attached hydrogens (tertiary/aromatic N) is 1. The molecule has 1 fully saturated rings. The van der Waals surface area contributed by atoms with Crippen molar-refractivity contribution in [2.45, 2.75) is 18.6 Å². The summed E-state index contributed by atoms with van der Waals surface area (Å²) in [6.45, 7) is 0.561. The summed E-state index contributed by atoms with van der Waals surface area (Å²) in [5, 5.41) is 3.35. The Morgan fingerprint density at radius 3 is 2.63 bits per heavy atom. The van der Waals surface area contributed by atoms with Gasteiger partial charge in [-0.25, -0.2) is 12.7 Å². The van der Waals surface area contributed by atoms with Crippen LogP contribution in [0.5, 0.6) is 11.5 Å². The maximum Gasteiger partial charge on any atom is 0.228 e. The number of benzene rings is 2. The maximum atomic E-state index is 12.9. The highest BCUT2D eigenvalue weighted by molar-refractivity contribution is 7.88. The molecule has 9 heteroatoms. The third-order valence-electron chi connectivity index (χ3n) is 5.04. The standard InChI is InChI=1S/C21H25ClN2O5S/c1-28-19-9-8-18(12-20(19)29-2)23-21(25)16-6-4-10-24(13-16)30(26,27)14-15-5-3-7-17(22)11-15/h3,5,7-9,11-12,16H,4,6,10,13-14H2,1-2H3,(H,23,25)/t16-/m1/s1. The third kappa shape index (κ3) is 5.44. The van der Waals surface area contributed by atoms with Crippen LogP contribution in [-0.4, -0.2) is 45.9 Å². The van der Waals surface area contributed by atoms with Crippen LogP contribution in [0.4, 0.5) is 5.69 Å². The van der Waals surface area contributed by atoms with Crippen LogP contribution in [0.1, 0.15) is 18.4 Å². The van der Waals surface area contributed by atoms with Crippen molar-refractivity contribution in [3.05, 3.63) is 53.1 Å². The van der Waals surface area contributed by atoms with E-state index in [0.29, 0.717) is 47.2 Å². The molecule has 1 aliphatic rings. The van der Waals surface area contributed by atoms with Crippen molar-refractivity contribution in [2.75, 3.05) is 32.6 Å². The van der Waals surface area contributed by atoms with E-state index in [0.717, 1.165) is 0 Å². The number of hydrogen-bond acceptors (Lipinski definition) is 5. The molecule has 0 aromatic heterocycles. The fourth-order valence-corrected chi connectivity index (χ4v) is 5.31. The number of sulfonamides is 1. The Balaban J connectivity index is 1.67. The second kappa shape index (κ2) is 9.68. The van der Waals surface area contributed by atoms with E-state index in [1.54, 1.807) is 42.5 Å². The Labute approximate surface area is 182 Å². The summed E-state index contributed by atoms with van der Waals surface area (Å²) in [4.78, 5) is 12.8. The van der Waals surface area contributed by atoms with E-state index in [-0.39, 0.29) is 18.2 Å². The number of methoxy groups -OCH3 is 2. The normalized spacial score (nSPS) is 17.4. The number of hydrogen-bond donors (Lipinski definition) is 1. The fourth-order valence-electron chi connectivity index (χ4n) is 3.50. The molecule has 162 valence electrons. The molecule has 1 amide bonds. The van der Waals surface area contributed by atoms with E-state index in [1.807, 2.05) is 0 Å². The molecule has 1 N–H and O–H groups in total. The van der Waals surface area contributed by atoms with Crippen LogP contribution >= 0.6 is 11.6 Å². The van der Waals surface area contributed by atoms with Crippen molar-refractivity contribution >= 4 is 33.2 Å². The van der Waals surface area contributed by atoms with Gasteiger partial charge in [-0.2, -0.15) is 0 Å². The van der Waals surface area contributed by atoms with Gasteiger partial charge in [0.25, 0.3) is 0 Å². The lowest BCUT2D eigenvalue weighted by atomic mass is 9.98. The van der Waals surface area contributed by atoms with Gasteiger partial charge in [0.15, 0.2) is 11.5 Å². The van der Waals surface area contributed by atoms with Gasteiger partial charge in [-0.3, -0.25) is 4.79 Å². The average molecular weight is 453 g/mol. The smallest absolute Gasteiger partial charge is 0.228 e. The van der Waals surface area contributed by atoms with Crippen LogP contribution in [0.25, 0.3) is 0 Å². The summed E-state index contributed by atoms with van der Waals surface area (Å²) in [6.07, 6.45) is 1.25. The molecule has 1 aliphatic heterocycles. The molecule has 0 radical (unpaired) electrons. The van der Waals surface area contributed by atoms with Gasteiger partial charge in [0.05, 0.1) is 25.9 Å². The summed E-state index contributed by atoms with van der Waals surface area (Å²) in [5.41, 5.74) is 1.19. The van der Waals surface area contributed by atoms with Gasteiger partial charge in [0, 0.05) is 29.9 Å². The molecule has 1 heterocycles. The summed E-state index contributed by atoms with van der Waals surface area (Å²) in [7, 11) is -0.495. The Hall–Kier alpha value is -2.29. The van der Waals surface area contributed by atoms with Crippen LogP contribution in [0.15, 0.2) is 42.5 Å². The van der Waals surface area contributed by atoms with Crippen molar-refractivity contribution < 1.29 is 22.7 Å². The zero-order chi connectivity index (χ0) is 21.7. The Morgan fingerprint density at radius 2 is 1.93 bits per heavy atom. The molecule has 0 saturated carbocycles. The number of rotatable bonds is 7. The second-order valence-electron chi connectivity index (χ2n) is 7.14. The maximum absolute atomic E-state index is 12.9. The highest BCUT2D eigenvalue weighted by Gasteiger charge is 2.32. The van der Waals surface area contributed by atoms with Crippen LogP contribution in [0.2, 0.25) is 5.02 Å². The van der Waals surface area contributed by atoms with Crippen molar-refractivity contribution in [3.63, 3.8) is 0 Å². The van der Waals surface area contributed by atoms with E-state index in [1.165, 1.54) is 18.5 Å². The number of carbonyl (C=O) groups is 1. The van der Waals surface area contributed by atoms with Crippen LogP contribution in [0, 0.1) is 5.92 Å². The highest BCUT2D eigenvalue weighted by Crippen LogP contribution is 2.30. The first-order valence-electron chi connectivity index (χ1n) is 9.57. The van der Waals surface area contributed by atoms with E-state index < -0.39 is 15.9 Å². The number of amides is 1. The minimum atomic E-state index is -3.55. The molecule has 30 heavy (non-hydrogen) atoms. The minimum Gasteiger partial charge on any atom is -0.493 e. The monoisotopic (exact) mass is 452 g/mol. The number of carbonyl (C=O) groups excluding carboxylic acids is 1. The van der Waals surface area contributed by atoms with Crippen LogP contribution in [-0.2, 0) is 20.6 Å². The molecule has 1 saturated heterocycles. The predicted molar refractivity (Wildman–Crippen MR) is 117 cm³/mol. The summed E-state index contributed by atoms with van der Waals surface area (Å²) in [5.74, 6) is 0.277. The summed E-state index contributed by atoms with van der Waals surface area (Å²) >= 11 is 5.96. The third-order valence-corrected chi connectivity index (χ3v) is 7.09. The van der Waals surface area contributed by atoms with Gasteiger partial charge in [-0.05, 0) is 42.7 Å². The molecule has 1 atom stereocenters. The first kappa shape index (κ1) is 22.4. The van der Waals surface area contributed by atoms with Gasteiger partial charge >= 0.3 is 0 Å². The topological polar surface area (TPSA) is 84.9 Å². The molecule has 2 aromatic rings. The van der Waals surface area contributed by atoms with Gasteiger partial charge in [0.2, 0.25) is 15.9 Å². The van der Waals surface area contributed by atoms with E-state index in [9.17, 15) is 13.2 Å². The highest BCUT2D eigenvalue weighted by atomic mass is 35.5. The summed E-state index contributed by atoms with van der Waals surface area (Å²) < 4.78 is 37.6. The van der Waals surface area contributed by atoms with Crippen molar-refractivity contribution in [3.8, 4) is 11.5 Å². The lowest BCUT2D eigenvalue weighted by Gasteiger charge is -2.31.